The largest absolute Gasteiger partial charge is 0.494 e. The molecule has 0 aliphatic carbocycles. The molecule has 8 nitrogen and oxygen atoms in total. The van der Waals surface area contributed by atoms with Crippen LogP contribution in [-0.2, 0) is 19.1 Å². The molecule has 1 atom stereocenters. The first-order valence-electron chi connectivity index (χ1n) is 16.9. The first-order chi connectivity index (χ1) is 23.4. The Bertz CT molecular complexity index is 1460. The lowest BCUT2D eigenvalue weighted by Gasteiger charge is -2.10. The van der Waals surface area contributed by atoms with Gasteiger partial charge in [-0.15, -0.1) is 0 Å². The van der Waals surface area contributed by atoms with Crippen LogP contribution >= 0.6 is 0 Å². The van der Waals surface area contributed by atoms with Gasteiger partial charge in [-0.05, 0) is 91.8 Å². The van der Waals surface area contributed by atoms with E-state index in [0.717, 1.165) is 81.1 Å². The number of ether oxygens (including phenoxy) is 5. The second-order valence-electron chi connectivity index (χ2n) is 11.8. The molecular weight excluding hydrogens is 608 g/mol. The summed E-state index contributed by atoms with van der Waals surface area (Å²) in [6.45, 7) is 8.80. The van der Waals surface area contributed by atoms with Crippen LogP contribution in [0.25, 0.3) is 11.1 Å². The van der Waals surface area contributed by atoms with Crippen LogP contribution in [0.3, 0.4) is 0 Å². The molecule has 0 amide bonds. The average molecular weight is 655 g/mol. The Labute approximate surface area is 283 Å². The van der Waals surface area contributed by atoms with Crippen LogP contribution in [0.1, 0.15) is 81.0 Å². The normalized spacial score (nSPS) is 13.9. The zero-order chi connectivity index (χ0) is 34.0. The standard InChI is InChI=1S/C40H46O8/c1-3-38(41)46-28-12-7-4-6-10-26-44-34-20-14-31(15-21-34)32-16-24-36(25-17-32)47-40(43)33-18-22-35(23-19-33)45-27-11-8-5-9-13-37-29-30(2)39(42)48-37/h3,14-25,37H,1-2,4-13,26-29H2. The highest BCUT2D eigenvalue weighted by Gasteiger charge is 2.26. The van der Waals surface area contributed by atoms with E-state index in [1.165, 1.54) is 6.08 Å². The number of carbonyl (C=O) groups excluding carboxylic acids is 3. The van der Waals surface area contributed by atoms with Crippen LogP contribution in [0, 0.1) is 0 Å². The van der Waals surface area contributed by atoms with Crippen molar-refractivity contribution in [1.29, 1.82) is 0 Å². The first kappa shape index (κ1) is 36.0. The van der Waals surface area contributed by atoms with E-state index < -0.39 is 5.97 Å². The van der Waals surface area contributed by atoms with Gasteiger partial charge in [0.1, 0.15) is 23.4 Å². The summed E-state index contributed by atoms with van der Waals surface area (Å²) < 4.78 is 27.5. The Morgan fingerprint density at radius 1 is 0.688 bits per heavy atom. The Morgan fingerprint density at radius 3 is 1.73 bits per heavy atom. The number of esters is 3. The van der Waals surface area contributed by atoms with E-state index in [0.29, 0.717) is 48.9 Å². The molecule has 3 aromatic carbocycles. The van der Waals surface area contributed by atoms with Gasteiger partial charge in [0.15, 0.2) is 0 Å². The predicted octanol–water partition coefficient (Wildman–Crippen LogP) is 8.83. The molecule has 1 aliphatic rings. The van der Waals surface area contributed by atoms with Crippen LogP contribution in [-0.4, -0.2) is 43.8 Å². The van der Waals surface area contributed by atoms with Crippen LogP contribution in [0.15, 0.2) is 97.6 Å². The maximum absolute atomic E-state index is 12.7. The lowest BCUT2D eigenvalue weighted by Crippen LogP contribution is -2.08. The monoisotopic (exact) mass is 654 g/mol. The number of rotatable bonds is 21. The fourth-order valence-corrected chi connectivity index (χ4v) is 5.28. The minimum Gasteiger partial charge on any atom is -0.494 e. The summed E-state index contributed by atoms with van der Waals surface area (Å²) in [5.74, 6) is 0.949. The van der Waals surface area contributed by atoms with E-state index in [-0.39, 0.29) is 18.0 Å². The lowest BCUT2D eigenvalue weighted by molar-refractivity contribution is -0.139. The van der Waals surface area contributed by atoms with Gasteiger partial charge in [-0.2, -0.15) is 0 Å². The third kappa shape index (κ3) is 12.4. The minimum atomic E-state index is -0.429. The maximum atomic E-state index is 12.7. The summed E-state index contributed by atoms with van der Waals surface area (Å²) in [6, 6.07) is 22.3. The number of hydrogen-bond acceptors (Lipinski definition) is 8. The summed E-state index contributed by atoms with van der Waals surface area (Å²) in [7, 11) is 0. The van der Waals surface area contributed by atoms with Gasteiger partial charge in [-0.1, -0.05) is 69.5 Å². The first-order valence-corrected chi connectivity index (χ1v) is 16.9. The third-order valence-electron chi connectivity index (χ3n) is 8.04. The fourth-order valence-electron chi connectivity index (χ4n) is 5.28. The second-order valence-corrected chi connectivity index (χ2v) is 11.8. The molecule has 8 heteroatoms. The highest BCUT2D eigenvalue weighted by Crippen LogP contribution is 2.26. The number of cyclic esters (lactones) is 1. The summed E-state index contributed by atoms with van der Waals surface area (Å²) in [5, 5.41) is 0. The van der Waals surface area contributed by atoms with Crippen molar-refractivity contribution in [2.24, 2.45) is 0 Å². The van der Waals surface area contributed by atoms with E-state index in [9.17, 15) is 14.4 Å². The van der Waals surface area contributed by atoms with Crippen molar-refractivity contribution in [1.82, 2.24) is 0 Å². The molecular formula is C40H46O8. The number of carbonyl (C=O) groups is 3. The van der Waals surface area contributed by atoms with E-state index in [4.69, 9.17) is 23.7 Å². The van der Waals surface area contributed by atoms with E-state index in [1.807, 2.05) is 36.4 Å². The highest BCUT2D eigenvalue weighted by molar-refractivity contribution is 5.91. The minimum absolute atomic E-state index is 0.0101. The molecule has 254 valence electrons. The SMILES string of the molecule is C=CC(=O)OCCCCCCCOc1ccc(-c2ccc(OC(=O)c3ccc(OCCCCCCC4CC(=C)C(=O)O4)cc3)cc2)cc1. The molecule has 3 aromatic rings. The molecule has 0 saturated carbocycles. The molecule has 1 fully saturated rings. The number of benzene rings is 3. The van der Waals surface area contributed by atoms with Crippen molar-refractivity contribution in [3.8, 4) is 28.4 Å². The zero-order valence-electron chi connectivity index (χ0n) is 27.7. The van der Waals surface area contributed by atoms with Crippen molar-refractivity contribution < 1.29 is 38.1 Å². The Balaban J connectivity index is 1.08. The topological polar surface area (TPSA) is 97.4 Å². The quantitative estimate of drug-likeness (QED) is 0.0487. The van der Waals surface area contributed by atoms with Gasteiger partial charge in [0.25, 0.3) is 0 Å². The summed E-state index contributed by atoms with van der Waals surface area (Å²) in [5.41, 5.74) is 3.07. The average Bonchev–Trinajstić information content (AvgIpc) is 3.43. The summed E-state index contributed by atoms with van der Waals surface area (Å²) in [6.07, 6.45) is 11.7. The molecule has 1 heterocycles. The van der Waals surface area contributed by atoms with Crippen LogP contribution in [0.5, 0.6) is 17.2 Å². The predicted molar refractivity (Wildman–Crippen MR) is 185 cm³/mol. The molecule has 1 unspecified atom stereocenters. The van der Waals surface area contributed by atoms with Crippen LogP contribution < -0.4 is 14.2 Å². The molecule has 0 spiro atoms. The Morgan fingerprint density at radius 2 is 1.19 bits per heavy atom. The van der Waals surface area contributed by atoms with Gasteiger partial charge in [0.2, 0.25) is 0 Å². The molecule has 0 radical (unpaired) electrons. The molecule has 0 aromatic heterocycles. The van der Waals surface area contributed by atoms with Gasteiger partial charge in [0.05, 0.1) is 25.4 Å². The Hall–Kier alpha value is -4.85. The van der Waals surface area contributed by atoms with Crippen molar-refractivity contribution in [2.75, 3.05) is 19.8 Å². The second kappa shape index (κ2) is 19.7. The molecule has 4 rings (SSSR count). The van der Waals surface area contributed by atoms with Crippen molar-refractivity contribution in [3.63, 3.8) is 0 Å². The van der Waals surface area contributed by atoms with Gasteiger partial charge in [0, 0.05) is 18.1 Å². The molecule has 0 bridgehead atoms. The van der Waals surface area contributed by atoms with Gasteiger partial charge in [-0.25, -0.2) is 14.4 Å². The van der Waals surface area contributed by atoms with Crippen molar-refractivity contribution >= 4 is 17.9 Å². The fraction of sp³-hybridized carbons (Fsp3) is 0.375. The van der Waals surface area contributed by atoms with Gasteiger partial charge < -0.3 is 23.7 Å². The molecule has 1 aliphatic heterocycles. The number of hydrogen-bond donors (Lipinski definition) is 0. The van der Waals surface area contributed by atoms with E-state index in [1.54, 1.807) is 36.4 Å². The highest BCUT2D eigenvalue weighted by atomic mass is 16.6. The molecule has 0 N–H and O–H groups in total. The molecule has 48 heavy (non-hydrogen) atoms. The molecule has 1 saturated heterocycles. The van der Waals surface area contributed by atoms with Crippen molar-refractivity contribution in [2.45, 2.75) is 76.7 Å². The van der Waals surface area contributed by atoms with Gasteiger partial charge >= 0.3 is 17.9 Å². The zero-order valence-corrected chi connectivity index (χ0v) is 27.7. The summed E-state index contributed by atoms with van der Waals surface area (Å²) in [4.78, 5) is 35.1. The summed E-state index contributed by atoms with van der Waals surface area (Å²) >= 11 is 0. The van der Waals surface area contributed by atoms with E-state index >= 15 is 0 Å². The smallest absolute Gasteiger partial charge is 0.343 e. The Kier molecular flexibility index (Phi) is 14.8. The maximum Gasteiger partial charge on any atom is 0.343 e. The van der Waals surface area contributed by atoms with Gasteiger partial charge in [-0.3, -0.25) is 0 Å². The van der Waals surface area contributed by atoms with Crippen LogP contribution in [0.4, 0.5) is 0 Å². The lowest BCUT2D eigenvalue weighted by atomic mass is 10.1. The van der Waals surface area contributed by atoms with Crippen molar-refractivity contribution in [3.05, 3.63) is 103 Å². The third-order valence-corrected chi connectivity index (χ3v) is 8.04. The number of unbranched alkanes of at least 4 members (excludes halogenated alkanes) is 7. The van der Waals surface area contributed by atoms with Crippen LogP contribution in [0.2, 0.25) is 0 Å². The van der Waals surface area contributed by atoms with E-state index in [2.05, 4.69) is 13.2 Å².